The van der Waals surface area contributed by atoms with Crippen LogP contribution in [0.2, 0.25) is 0 Å². The van der Waals surface area contributed by atoms with Crippen molar-refractivity contribution in [1.82, 2.24) is 15.1 Å². The van der Waals surface area contributed by atoms with Gasteiger partial charge in [-0.25, -0.2) is 0 Å². The maximum atomic E-state index is 12.0. The fourth-order valence-corrected chi connectivity index (χ4v) is 3.12. The third-order valence-electron chi connectivity index (χ3n) is 4.90. The van der Waals surface area contributed by atoms with E-state index in [9.17, 15) is 4.79 Å². The van der Waals surface area contributed by atoms with Crippen molar-refractivity contribution in [2.45, 2.75) is 31.7 Å². The summed E-state index contributed by atoms with van der Waals surface area (Å²) in [5.41, 5.74) is 1.21. The first kappa shape index (κ1) is 18.7. The number of carbonyl (C=O) groups is 1. The highest BCUT2D eigenvalue weighted by molar-refractivity contribution is 5.76. The van der Waals surface area contributed by atoms with Gasteiger partial charge in [0.15, 0.2) is 0 Å². The van der Waals surface area contributed by atoms with Gasteiger partial charge in [0.25, 0.3) is 0 Å². The van der Waals surface area contributed by atoms with Gasteiger partial charge < -0.3 is 19.9 Å². The zero-order valence-corrected chi connectivity index (χ0v) is 15.3. The Hall–Kier alpha value is -1.59. The Bertz CT molecular complexity index is 496. The van der Waals surface area contributed by atoms with Crippen molar-refractivity contribution in [2.75, 3.05) is 47.4 Å². The first-order valence-corrected chi connectivity index (χ1v) is 8.87. The molecule has 0 bridgehead atoms. The second-order valence-corrected chi connectivity index (χ2v) is 6.71. The summed E-state index contributed by atoms with van der Waals surface area (Å²) in [4.78, 5) is 16.7. The Morgan fingerprint density at radius 3 is 2.58 bits per heavy atom. The number of rotatable bonds is 8. The lowest BCUT2D eigenvalue weighted by atomic mass is 10.0. The zero-order chi connectivity index (χ0) is 17.4. The van der Waals surface area contributed by atoms with Crippen molar-refractivity contribution >= 4 is 5.91 Å². The Morgan fingerprint density at radius 1 is 1.29 bits per heavy atom. The number of likely N-dealkylation sites (tertiary alicyclic amines) is 1. The summed E-state index contributed by atoms with van der Waals surface area (Å²) in [5, 5.41) is 3.02. The summed E-state index contributed by atoms with van der Waals surface area (Å²) in [7, 11) is 5.98. The molecule has 5 heteroatoms. The number of benzene rings is 1. The largest absolute Gasteiger partial charge is 0.497 e. The molecule has 0 aliphatic carbocycles. The quantitative estimate of drug-likeness (QED) is 0.787. The summed E-state index contributed by atoms with van der Waals surface area (Å²) in [6, 6.07) is 8.60. The van der Waals surface area contributed by atoms with Crippen molar-refractivity contribution in [2.24, 2.45) is 0 Å². The normalized spacial score (nSPS) is 16.3. The fraction of sp³-hybridized carbons (Fsp3) is 0.632. The van der Waals surface area contributed by atoms with Gasteiger partial charge in [0.2, 0.25) is 5.91 Å². The lowest BCUT2D eigenvalue weighted by Crippen LogP contribution is -2.43. The standard InChI is InChI=1S/C19H31N3O2/c1-21-13-9-17(10-14-21)22(2)15-11-19(23)20-12-8-16-4-6-18(24-3)7-5-16/h4-7,17H,8-15H2,1-3H3,(H,20,23). The van der Waals surface area contributed by atoms with Crippen LogP contribution in [0, 0.1) is 0 Å². The number of ether oxygens (including phenoxy) is 1. The first-order valence-electron chi connectivity index (χ1n) is 8.87. The van der Waals surface area contributed by atoms with E-state index in [2.05, 4.69) is 29.2 Å². The zero-order valence-electron chi connectivity index (χ0n) is 15.3. The molecule has 1 saturated heterocycles. The molecule has 1 fully saturated rings. The first-order chi connectivity index (χ1) is 11.6. The van der Waals surface area contributed by atoms with Crippen molar-refractivity contribution in [3.8, 4) is 5.75 Å². The van der Waals surface area contributed by atoms with Crippen LogP contribution < -0.4 is 10.1 Å². The van der Waals surface area contributed by atoms with E-state index in [-0.39, 0.29) is 5.91 Å². The molecular weight excluding hydrogens is 302 g/mol. The monoisotopic (exact) mass is 333 g/mol. The van der Waals surface area contributed by atoms with Crippen molar-refractivity contribution < 1.29 is 9.53 Å². The van der Waals surface area contributed by atoms with Gasteiger partial charge in [-0.15, -0.1) is 0 Å². The number of hydrogen-bond acceptors (Lipinski definition) is 4. The molecule has 0 radical (unpaired) electrons. The molecule has 0 saturated carbocycles. The molecular formula is C19H31N3O2. The average molecular weight is 333 g/mol. The molecule has 134 valence electrons. The van der Waals surface area contributed by atoms with Crippen molar-refractivity contribution in [1.29, 1.82) is 0 Å². The van der Waals surface area contributed by atoms with Crippen LogP contribution >= 0.6 is 0 Å². The molecule has 1 amide bonds. The number of nitrogens with zero attached hydrogens (tertiary/aromatic N) is 2. The van der Waals surface area contributed by atoms with Gasteiger partial charge >= 0.3 is 0 Å². The number of amides is 1. The van der Waals surface area contributed by atoms with E-state index in [0.29, 0.717) is 19.0 Å². The molecule has 2 rings (SSSR count). The van der Waals surface area contributed by atoms with Crippen LogP contribution in [0.15, 0.2) is 24.3 Å². The van der Waals surface area contributed by atoms with Gasteiger partial charge in [0.1, 0.15) is 5.75 Å². The molecule has 0 spiro atoms. The van der Waals surface area contributed by atoms with Gasteiger partial charge in [0, 0.05) is 25.6 Å². The lowest BCUT2D eigenvalue weighted by molar-refractivity contribution is -0.121. The van der Waals surface area contributed by atoms with E-state index in [1.807, 2.05) is 24.3 Å². The number of carbonyl (C=O) groups excluding carboxylic acids is 1. The van der Waals surface area contributed by atoms with Gasteiger partial charge in [-0.3, -0.25) is 4.79 Å². The molecule has 24 heavy (non-hydrogen) atoms. The third-order valence-corrected chi connectivity index (χ3v) is 4.90. The van der Waals surface area contributed by atoms with Crippen LogP contribution in [0.1, 0.15) is 24.8 Å². The minimum Gasteiger partial charge on any atom is -0.497 e. The molecule has 1 heterocycles. The molecule has 1 N–H and O–H groups in total. The number of piperidine rings is 1. The summed E-state index contributed by atoms with van der Waals surface area (Å²) < 4.78 is 5.15. The maximum Gasteiger partial charge on any atom is 0.221 e. The number of nitrogens with one attached hydrogen (secondary N) is 1. The van der Waals surface area contributed by atoms with Crippen LogP contribution in [-0.2, 0) is 11.2 Å². The number of hydrogen-bond donors (Lipinski definition) is 1. The van der Waals surface area contributed by atoms with Gasteiger partial charge in [0.05, 0.1) is 7.11 Å². The molecule has 0 aromatic heterocycles. The molecule has 1 aliphatic heterocycles. The van der Waals surface area contributed by atoms with Gasteiger partial charge in [-0.05, 0) is 64.1 Å². The van der Waals surface area contributed by atoms with E-state index in [0.717, 1.165) is 31.8 Å². The fourth-order valence-electron chi connectivity index (χ4n) is 3.12. The van der Waals surface area contributed by atoms with Gasteiger partial charge in [-0.2, -0.15) is 0 Å². The van der Waals surface area contributed by atoms with Crippen molar-refractivity contribution in [3.05, 3.63) is 29.8 Å². The van der Waals surface area contributed by atoms with Crippen molar-refractivity contribution in [3.63, 3.8) is 0 Å². The molecule has 0 atom stereocenters. The maximum absolute atomic E-state index is 12.0. The average Bonchev–Trinajstić information content (AvgIpc) is 2.61. The van der Waals surface area contributed by atoms with Gasteiger partial charge in [-0.1, -0.05) is 12.1 Å². The SMILES string of the molecule is COc1ccc(CCNC(=O)CCN(C)C2CCN(C)CC2)cc1. The lowest BCUT2D eigenvalue weighted by Gasteiger charge is -2.35. The summed E-state index contributed by atoms with van der Waals surface area (Å²) >= 11 is 0. The minimum atomic E-state index is 0.142. The third kappa shape index (κ3) is 6.13. The Labute approximate surface area is 146 Å². The predicted octanol–water partition coefficient (Wildman–Crippen LogP) is 1.77. The second kappa shape index (κ2) is 9.64. The van der Waals surface area contributed by atoms with E-state index < -0.39 is 0 Å². The molecule has 1 aliphatic rings. The molecule has 5 nitrogen and oxygen atoms in total. The Kier molecular flexibility index (Phi) is 7.53. The van der Waals surface area contributed by atoms with Crippen LogP contribution in [0.5, 0.6) is 5.75 Å². The highest BCUT2D eigenvalue weighted by atomic mass is 16.5. The molecule has 1 aromatic rings. The van der Waals surface area contributed by atoms with E-state index in [1.54, 1.807) is 7.11 Å². The smallest absolute Gasteiger partial charge is 0.221 e. The Morgan fingerprint density at radius 2 is 1.96 bits per heavy atom. The topological polar surface area (TPSA) is 44.8 Å². The number of methoxy groups -OCH3 is 1. The van der Waals surface area contributed by atoms with Crippen LogP contribution in [-0.4, -0.2) is 69.1 Å². The second-order valence-electron chi connectivity index (χ2n) is 6.71. The highest BCUT2D eigenvalue weighted by Gasteiger charge is 2.20. The van der Waals surface area contributed by atoms with Crippen LogP contribution in [0.4, 0.5) is 0 Å². The summed E-state index contributed by atoms with van der Waals surface area (Å²) in [6.45, 7) is 3.83. The van der Waals surface area contributed by atoms with E-state index in [1.165, 1.54) is 18.4 Å². The minimum absolute atomic E-state index is 0.142. The highest BCUT2D eigenvalue weighted by Crippen LogP contribution is 2.14. The molecule has 0 unspecified atom stereocenters. The van der Waals surface area contributed by atoms with E-state index >= 15 is 0 Å². The molecule has 1 aromatic carbocycles. The Balaban J connectivity index is 1.60. The summed E-state index contributed by atoms with van der Waals surface area (Å²) in [5.74, 6) is 1.00. The summed E-state index contributed by atoms with van der Waals surface area (Å²) in [6.07, 6.45) is 3.82. The van der Waals surface area contributed by atoms with Crippen LogP contribution in [0.3, 0.4) is 0 Å². The van der Waals surface area contributed by atoms with E-state index in [4.69, 9.17) is 4.74 Å². The van der Waals surface area contributed by atoms with Crippen LogP contribution in [0.25, 0.3) is 0 Å². The predicted molar refractivity (Wildman–Crippen MR) is 97.5 cm³/mol.